The number of hydrogen-bond acceptors (Lipinski definition) is 3. The van der Waals surface area contributed by atoms with Crippen molar-refractivity contribution < 1.29 is 14.7 Å². The molecule has 24 heavy (non-hydrogen) atoms. The van der Waals surface area contributed by atoms with Gasteiger partial charge in [-0.15, -0.1) is 0 Å². The minimum Gasteiger partial charge on any atom is -0.395 e. The lowest BCUT2D eigenvalue weighted by Gasteiger charge is -2.21. The lowest BCUT2D eigenvalue weighted by Crippen LogP contribution is -2.40. The zero-order valence-electron chi connectivity index (χ0n) is 13.3. The Morgan fingerprint density at radius 3 is 2.54 bits per heavy atom. The number of hydrogen-bond donors (Lipinski definition) is 2. The molecule has 0 aliphatic rings. The van der Waals surface area contributed by atoms with Gasteiger partial charge in [-0.1, -0.05) is 48.0 Å². The number of carbonyl (C=O) groups is 2. The van der Waals surface area contributed by atoms with Gasteiger partial charge in [0.1, 0.15) is 0 Å². The number of halogens is 1. The number of rotatable bonds is 5. The molecular formula is C18H19ClN2O3. The largest absolute Gasteiger partial charge is 0.395 e. The second-order valence-corrected chi connectivity index (χ2v) is 5.79. The van der Waals surface area contributed by atoms with Gasteiger partial charge in [-0.3, -0.25) is 9.59 Å². The van der Waals surface area contributed by atoms with Crippen LogP contribution in [0.2, 0.25) is 5.02 Å². The van der Waals surface area contributed by atoms with E-state index in [4.69, 9.17) is 11.6 Å². The van der Waals surface area contributed by atoms with Crippen molar-refractivity contribution in [3.8, 4) is 0 Å². The molecule has 0 saturated carbocycles. The third-order valence-electron chi connectivity index (χ3n) is 3.52. The number of nitrogens with zero attached hydrogens (tertiary/aromatic N) is 1. The van der Waals surface area contributed by atoms with Crippen molar-refractivity contribution in [3.05, 3.63) is 64.7 Å². The Hall–Kier alpha value is -2.37. The average molecular weight is 347 g/mol. The first-order valence-electron chi connectivity index (χ1n) is 7.52. The average Bonchev–Trinajstić information content (AvgIpc) is 2.58. The first-order chi connectivity index (χ1) is 11.5. The summed E-state index contributed by atoms with van der Waals surface area (Å²) in [5, 5.41) is 12.2. The van der Waals surface area contributed by atoms with Crippen molar-refractivity contribution in [2.75, 3.05) is 18.5 Å². The molecular weight excluding hydrogens is 328 g/mol. The molecule has 0 unspecified atom stereocenters. The number of anilines is 1. The van der Waals surface area contributed by atoms with E-state index in [0.717, 1.165) is 11.1 Å². The fourth-order valence-corrected chi connectivity index (χ4v) is 2.40. The molecule has 2 amide bonds. The molecule has 0 saturated heterocycles. The van der Waals surface area contributed by atoms with E-state index in [2.05, 4.69) is 5.32 Å². The molecule has 0 heterocycles. The fraction of sp³-hybridized carbons (Fsp3) is 0.222. The van der Waals surface area contributed by atoms with Crippen molar-refractivity contribution in [1.82, 2.24) is 4.90 Å². The van der Waals surface area contributed by atoms with Crippen LogP contribution >= 0.6 is 11.6 Å². The highest BCUT2D eigenvalue weighted by atomic mass is 35.5. The van der Waals surface area contributed by atoms with Gasteiger partial charge >= 0.3 is 11.8 Å². The second kappa shape index (κ2) is 8.47. The molecule has 2 N–H and O–H groups in total. The Kier molecular flexibility index (Phi) is 6.35. The standard InChI is InChI=1S/C18H19ClN2O3/c1-13-7-8-15(19)11-16(13)20-17(23)18(24)21(9-10-22)12-14-5-3-2-4-6-14/h2-8,11,22H,9-10,12H2,1H3,(H,20,23). The topological polar surface area (TPSA) is 69.6 Å². The van der Waals surface area contributed by atoms with Crippen molar-refractivity contribution in [2.45, 2.75) is 13.5 Å². The summed E-state index contributed by atoms with van der Waals surface area (Å²) in [6, 6.07) is 14.4. The van der Waals surface area contributed by atoms with Crippen LogP contribution in [0.15, 0.2) is 48.5 Å². The molecule has 0 fully saturated rings. The van der Waals surface area contributed by atoms with Crippen molar-refractivity contribution >= 4 is 29.1 Å². The molecule has 0 bridgehead atoms. The lowest BCUT2D eigenvalue weighted by atomic mass is 10.2. The number of benzene rings is 2. The number of amides is 2. The number of aliphatic hydroxyl groups excluding tert-OH is 1. The molecule has 0 atom stereocenters. The molecule has 2 aromatic rings. The second-order valence-electron chi connectivity index (χ2n) is 5.35. The maximum Gasteiger partial charge on any atom is 0.313 e. The first kappa shape index (κ1) is 18.0. The third kappa shape index (κ3) is 4.81. The number of nitrogens with one attached hydrogen (secondary N) is 1. The van der Waals surface area contributed by atoms with E-state index in [1.54, 1.807) is 18.2 Å². The van der Waals surface area contributed by atoms with Crippen LogP contribution in [0.1, 0.15) is 11.1 Å². The first-order valence-corrected chi connectivity index (χ1v) is 7.90. The van der Waals surface area contributed by atoms with Gasteiger partial charge in [-0.25, -0.2) is 0 Å². The number of aryl methyl sites for hydroxylation is 1. The van der Waals surface area contributed by atoms with Crippen LogP contribution < -0.4 is 5.32 Å². The van der Waals surface area contributed by atoms with E-state index >= 15 is 0 Å². The summed E-state index contributed by atoms with van der Waals surface area (Å²) in [6.45, 7) is 1.92. The van der Waals surface area contributed by atoms with E-state index in [1.807, 2.05) is 37.3 Å². The summed E-state index contributed by atoms with van der Waals surface area (Å²) in [5.41, 5.74) is 2.17. The molecule has 6 heteroatoms. The van der Waals surface area contributed by atoms with Crippen molar-refractivity contribution in [1.29, 1.82) is 0 Å². The van der Waals surface area contributed by atoms with Crippen LogP contribution in [-0.2, 0) is 16.1 Å². The maximum atomic E-state index is 12.4. The predicted octanol–water partition coefficient (Wildman–Crippen LogP) is 2.61. The molecule has 0 aliphatic carbocycles. The highest BCUT2D eigenvalue weighted by Gasteiger charge is 2.22. The zero-order valence-corrected chi connectivity index (χ0v) is 14.1. The van der Waals surface area contributed by atoms with Gasteiger partial charge in [0.05, 0.1) is 6.61 Å². The van der Waals surface area contributed by atoms with Gasteiger partial charge in [-0.2, -0.15) is 0 Å². The summed E-state index contributed by atoms with van der Waals surface area (Å²) in [4.78, 5) is 26.0. The number of aliphatic hydroxyl groups is 1. The molecule has 126 valence electrons. The zero-order chi connectivity index (χ0) is 17.5. The number of carbonyl (C=O) groups excluding carboxylic acids is 2. The Morgan fingerprint density at radius 2 is 1.88 bits per heavy atom. The minimum absolute atomic E-state index is 0.0790. The predicted molar refractivity (Wildman–Crippen MR) is 93.8 cm³/mol. The van der Waals surface area contributed by atoms with Gasteiger partial charge in [0.15, 0.2) is 0 Å². The molecule has 0 aliphatic heterocycles. The van der Waals surface area contributed by atoms with Crippen LogP contribution in [0.5, 0.6) is 0 Å². The SMILES string of the molecule is Cc1ccc(Cl)cc1NC(=O)C(=O)N(CCO)Cc1ccccc1. The quantitative estimate of drug-likeness (QED) is 0.818. The van der Waals surface area contributed by atoms with Crippen LogP contribution in [0.3, 0.4) is 0 Å². The molecule has 0 radical (unpaired) electrons. The summed E-state index contributed by atoms with van der Waals surface area (Å²) < 4.78 is 0. The van der Waals surface area contributed by atoms with E-state index < -0.39 is 11.8 Å². The van der Waals surface area contributed by atoms with Crippen LogP contribution in [-0.4, -0.2) is 35.0 Å². The smallest absolute Gasteiger partial charge is 0.313 e. The highest BCUT2D eigenvalue weighted by Crippen LogP contribution is 2.20. The molecule has 5 nitrogen and oxygen atoms in total. The van der Waals surface area contributed by atoms with E-state index in [0.29, 0.717) is 10.7 Å². The fourth-order valence-electron chi connectivity index (χ4n) is 2.23. The lowest BCUT2D eigenvalue weighted by molar-refractivity contribution is -0.143. The maximum absolute atomic E-state index is 12.4. The van der Waals surface area contributed by atoms with Gasteiger partial charge < -0.3 is 15.3 Å². The van der Waals surface area contributed by atoms with E-state index in [9.17, 15) is 14.7 Å². The minimum atomic E-state index is -0.759. The van der Waals surface area contributed by atoms with Crippen LogP contribution in [0.25, 0.3) is 0 Å². The summed E-state index contributed by atoms with van der Waals surface area (Å²) in [6.07, 6.45) is 0. The van der Waals surface area contributed by atoms with Gasteiger partial charge in [0.2, 0.25) is 0 Å². The summed E-state index contributed by atoms with van der Waals surface area (Å²) in [7, 11) is 0. The van der Waals surface area contributed by atoms with Gasteiger partial charge in [-0.05, 0) is 30.2 Å². The Morgan fingerprint density at radius 1 is 1.17 bits per heavy atom. The van der Waals surface area contributed by atoms with E-state index in [1.165, 1.54) is 4.90 Å². The molecule has 2 rings (SSSR count). The van der Waals surface area contributed by atoms with E-state index in [-0.39, 0.29) is 19.7 Å². The normalized spacial score (nSPS) is 10.3. The molecule has 0 spiro atoms. The molecule has 0 aromatic heterocycles. The summed E-state index contributed by atoms with van der Waals surface area (Å²) in [5.74, 6) is -1.46. The van der Waals surface area contributed by atoms with Crippen molar-refractivity contribution in [2.24, 2.45) is 0 Å². The van der Waals surface area contributed by atoms with Crippen LogP contribution in [0.4, 0.5) is 5.69 Å². The van der Waals surface area contributed by atoms with Gasteiger partial charge in [0, 0.05) is 23.8 Å². The van der Waals surface area contributed by atoms with Crippen LogP contribution in [0, 0.1) is 6.92 Å². The Balaban J connectivity index is 2.10. The summed E-state index contributed by atoms with van der Waals surface area (Å²) >= 11 is 5.92. The molecule has 2 aromatic carbocycles. The van der Waals surface area contributed by atoms with Crippen molar-refractivity contribution in [3.63, 3.8) is 0 Å². The Bertz CT molecular complexity index is 719. The van der Waals surface area contributed by atoms with Gasteiger partial charge in [0.25, 0.3) is 0 Å². The highest BCUT2D eigenvalue weighted by molar-refractivity contribution is 6.39. The third-order valence-corrected chi connectivity index (χ3v) is 3.75. The monoisotopic (exact) mass is 346 g/mol. The Labute approximate surface area is 145 Å².